The van der Waals surface area contributed by atoms with E-state index in [0.717, 1.165) is 17.0 Å². The van der Waals surface area contributed by atoms with Gasteiger partial charge in [0.15, 0.2) is 4.67 Å². The minimum atomic E-state index is -0.951. The van der Waals surface area contributed by atoms with E-state index >= 15 is 0 Å². The first kappa shape index (κ1) is 14.1. The fourth-order valence-corrected chi connectivity index (χ4v) is 3.11. The maximum absolute atomic E-state index is 11.3. The van der Waals surface area contributed by atoms with E-state index in [4.69, 9.17) is 4.42 Å². The van der Waals surface area contributed by atoms with Gasteiger partial charge >= 0.3 is 5.97 Å². The molecule has 0 atom stereocenters. The molecule has 100 valence electrons. The number of aromatic carboxylic acids is 1. The first-order chi connectivity index (χ1) is 8.97. The first-order valence-corrected chi connectivity index (χ1v) is 7.34. The number of halogens is 1. The van der Waals surface area contributed by atoms with Crippen molar-refractivity contribution in [2.45, 2.75) is 24.6 Å². The molecule has 2 aromatic rings. The average Bonchev–Trinajstić information content (AvgIpc) is 2.71. The van der Waals surface area contributed by atoms with Crippen molar-refractivity contribution >= 4 is 33.7 Å². The lowest BCUT2D eigenvalue weighted by Crippen LogP contribution is -2.05. The maximum Gasteiger partial charge on any atom is 0.338 e. The number of rotatable bonds is 4. The number of thioether (sulfide) groups is 1. The normalized spacial score (nSPS) is 10.7. The summed E-state index contributed by atoms with van der Waals surface area (Å²) in [6, 6.07) is 5.43. The molecule has 0 saturated heterocycles. The Bertz CT molecular complexity index is 624. The summed E-state index contributed by atoms with van der Waals surface area (Å²) in [6.07, 6.45) is 0. The molecule has 4 nitrogen and oxygen atoms in total. The van der Waals surface area contributed by atoms with Crippen molar-refractivity contribution in [1.29, 1.82) is 0 Å². The van der Waals surface area contributed by atoms with Crippen molar-refractivity contribution in [3.05, 3.63) is 45.4 Å². The van der Waals surface area contributed by atoms with Crippen molar-refractivity contribution in [2.24, 2.45) is 0 Å². The largest absolute Gasteiger partial charge is 0.478 e. The highest BCUT2D eigenvalue weighted by molar-refractivity contribution is 9.10. The standard InChI is InChI=1S/C13H12BrNO3S/c1-7-5-8(2)15-12(11(7)13(16)17)19-6-9-3-4-10(14)18-9/h3-5H,6H2,1-2H3,(H,16,17). The molecule has 6 heteroatoms. The number of hydrogen-bond donors (Lipinski definition) is 1. The second kappa shape index (κ2) is 5.79. The fraction of sp³-hybridized carbons (Fsp3) is 0.231. The second-order valence-electron chi connectivity index (χ2n) is 4.06. The fourth-order valence-electron chi connectivity index (χ4n) is 1.74. The summed E-state index contributed by atoms with van der Waals surface area (Å²) in [5.74, 6) is 0.365. The molecular formula is C13H12BrNO3S. The van der Waals surface area contributed by atoms with Crippen molar-refractivity contribution < 1.29 is 14.3 Å². The Balaban J connectivity index is 2.26. The van der Waals surface area contributed by atoms with Crippen LogP contribution in [0.1, 0.15) is 27.4 Å². The van der Waals surface area contributed by atoms with Gasteiger partial charge in [0.2, 0.25) is 0 Å². The van der Waals surface area contributed by atoms with Crippen LogP contribution in [0.2, 0.25) is 0 Å². The molecule has 0 aliphatic carbocycles. The molecule has 0 unspecified atom stereocenters. The van der Waals surface area contributed by atoms with E-state index in [9.17, 15) is 9.90 Å². The SMILES string of the molecule is Cc1cc(C)c(C(=O)O)c(SCc2ccc(Br)o2)n1. The zero-order chi connectivity index (χ0) is 14.0. The van der Waals surface area contributed by atoms with E-state index in [2.05, 4.69) is 20.9 Å². The number of furan rings is 1. The van der Waals surface area contributed by atoms with E-state index in [1.54, 1.807) is 13.0 Å². The van der Waals surface area contributed by atoms with Gasteiger partial charge in [0, 0.05) is 5.69 Å². The monoisotopic (exact) mass is 341 g/mol. The highest BCUT2D eigenvalue weighted by Gasteiger charge is 2.16. The molecule has 1 N–H and O–H groups in total. The van der Waals surface area contributed by atoms with Crippen LogP contribution in [-0.4, -0.2) is 16.1 Å². The summed E-state index contributed by atoms with van der Waals surface area (Å²) in [7, 11) is 0. The Labute approximate surface area is 123 Å². The third kappa shape index (κ3) is 3.39. The Hall–Kier alpha value is -1.27. The zero-order valence-electron chi connectivity index (χ0n) is 10.4. The molecule has 0 aliphatic rings. The van der Waals surface area contributed by atoms with E-state index in [0.29, 0.717) is 15.4 Å². The molecule has 0 bridgehead atoms. The summed E-state index contributed by atoms with van der Waals surface area (Å²) in [5, 5.41) is 9.78. The lowest BCUT2D eigenvalue weighted by molar-refractivity contribution is 0.0691. The number of hydrogen-bond acceptors (Lipinski definition) is 4. The summed E-state index contributed by atoms with van der Waals surface area (Å²) >= 11 is 4.60. The predicted octanol–water partition coefficient (Wildman–Crippen LogP) is 4.04. The Morgan fingerprint density at radius 3 is 2.79 bits per heavy atom. The van der Waals surface area contributed by atoms with Crippen molar-refractivity contribution in [3.63, 3.8) is 0 Å². The quantitative estimate of drug-likeness (QED) is 0.850. The first-order valence-electron chi connectivity index (χ1n) is 5.56. The summed E-state index contributed by atoms with van der Waals surface area (Å²) in [5.41, 5.74) is 1.80. The minimum Gasteiger partial charge on any atom is -0.478 e. The van der Waals surface area contributed by atoms with Gasteiger partial charge in [-0.05, 0) is 53.5 Å². The van der Waals surface area contributed by atoms with E-state index in [1.165, 1.54) is 11.8 Å². The van der Waals surface area contributed by atoms with Gasteiger partial charge in [-0.2, -0.15) is 0 Å². The number of carboxylic acids is 1. The third-order valence-electron chi connectivity index (χ3n) is 2.51. The van der Waals surface area contributed by atoms with Crippen LogP contribution < -0.4 is 0 Å². The van der Waals surface area contributed by atoms with E-state index in [-0.39, 0.29) is 5.56 Å². The lowest BCUT2D eigenvalue weighted by Gasteiger charge is -2.08. The third-order valence-corrected chi connectivity index (χ3v) is 3.93. The molecule has 0 aliphatic heterocycles. The molecule has 0 spiro atoms. The van der Waals surface area contributed by atoms with Gasteiger partial charge in [-0.25, -0.2) is 9.78 Å². The second-order valence-corrected chi connectivity index (χ2v) is 5.81. The number of aryl methyl sites for hydroxylation is 2. The number of pyridine rings is 1. The van der Waals surface area contributed by atoms with Crippen LogP contribution in [0.15, 0.2) is 32.3 Å². The van der Waals surface area contributed by atoms with Gasteiger partial charge in [-0.1, -0.05) is 11.8 Å². The maximum atomic E-state index is 11.3. The van der Waals surface area contributed by atoms with Gasteiger partial charge in [-0.15, -0.1) is 0 Å². The smallest absolute Gasteiger partial charge is 0.338 e. The molecule has 19 heavy (non-hydrogen) atoms. The number of aromatic nitrogens is 1. The Kier molecular flexibility index (Phi) is 4.31. The molecule has 0 fully saturated rings. The molecule has 2 rings (SSSR count). The van der Waals surface area contributed by atoms with Gasteiger partial charge in [-0.3, -0.25) is 0 Å². The van der Waals surface area contributed by atoms with Crippen LogP contribution in [0.4, 0.5) is 0 Å². The van der Waals surface area contributed by atoms with Crippen LogP contribution in [0.5, 0.6) is 0 Å². The number of carbonyl (C=O) groups is 1. The van der Waals surface area contributed by atoms with Crippen LogP contribution in [0, 0.1) is 13.8 Å². The number of carboxylic acid groups (broad SMARTS) is 1. The van der Waals surface area contributed by atoms with Crippen molar-refractivity contribution in [3.8, 4) is 0 Å². The van der Waals surface area contributed by atoms with Crippen molar-refractivity contribution in [2.75, 3.05) is 0 Å². The predicted molar refractivity (Wildman–Crippen MR) is 76.6 cm³/mol. The van der Waals surface area contributed by atoms with Gasteiger partial charge in [0.1, 0.15) is 10.8 Å². The van der Waals surface area contributed by atoms with Gasteiger partial charge in [0.25, 0.3) is 0 Å². The highest BCUT2D eigenvalue weighted by atomic mass is 79.9. The van der Waals surface area contributed by atoms with Crippen molar-refractivity contribution in [1.82, 2.24) is 4.98 Å². The van der Waals surface area contributed by atoms with Crippen LogP contribution in [0.3, 0.4) is 0 Å². The van der Waals surface area contributed by atoms with Crippen LogP contribution in [0.25, 0.3) is 0 Å². The zero-order valence-corrected chi connectivity index (χ0v) is 12.8. The summed E-state index contributed by atoms with van der Waals surface area (Å²) < 4.78 is 6.05. The Morgan fingerprint density at radius 2 is 2.21 bits per heavy atom. The highest BCUT2D eigenvalue weighted by Crippen LogP contribution is 2.28. The van der Waals surface area contributed by atoms with Gasteiger partial charge in [0.05, 0.1) is 11.3 Å². The summed E-state index contributed by atoms with van der Waals surface area (Å²) in [4.78, 5) is 15.6. The van der Waals surface area contributed by atoms with Gasteiger partial charge < -0.3 is 9.52 Å². The lowest BCUT2D eigenvalue weighted by atomic mass is 10.1. The van der Waals surface area contributed by atoms with E-state index in [1.807, 2.05) is 19.1 Å². The average molecular weight is 342 g/mol. The molecule has 0 aromatic carbocycles. The topological polar surface area (TPSA) is 63.3 Å². The Morgan fingerprint density at radius 1 is 1.47 bits per heavy atom. The minimum absolute atomic E-state index is 0.265. The number of nitrogens with zero attached hydrogens (tertiary/aromatic N) is 1. The molecular weight excluding hydrogens is 330 g/mol. The van der Waals surface area contributed by atoms with Crippen LogP contribution in [-0.2, 0) is 5.75 Å². The summed E-state index contributed by atoms with van der Waals surface area (Å²) in [6.45, 7) is 3.64. The molecule has 0 amide bonds. The molecule has 2 aromatic heterocycles. The molecule has 0 saturated carbocycles. The van der Waals surface area contributed by atoms with Crippen LogP contribution >= 0.6 is 27.7 Å². The molecule has 0 radical (unpaired) electrons. The van der Waals surface area contributed by atoms with E-state index < -0.39 is 5.97 Å². The molecule has 2 heterocycles.